The monoisotopic (exact) mass is 535 g/mol. The summed E-state index contributed by atoms with van der Waals surface area (Å²) in [5.74, 6) is 1.30. The van der Waals surface area contributed by atoms with Gasteiger partial charge in [-0.15, -0.1) is 0 Å². The van der Waals surface area contributed by atoms with Crippen LogP contribution >= 0.6 is 11.6 Å². The van der Waals surface area contributed by atoms with E-state index in [0.717, 1.165) is 43.0 Å². The molecule has 0 spiro atoms. The van der Waals surface area contributed by atoms with Gasteiger partial charge in [0.15, 0.2) is 11.5 Å². The normalized spacial score (nSPS) is 15.6. The number of ether oxygens (including phenoxy) is 3. The van der Waals surface area contributed by atoms with E-state index >= 15 is 0 Å². The summed E-state index contributed by atoms with van der Waals surface area (Å²) in [7, 11) is 4.83. The van der Waals surface area contributed by atoms with E-state index in [1.165, 1.54) is 4.90 Å². The summed E-state index contributed by atoms with van der Waals surface area (Å²) in [5.41, 5.74) is 3.46. The molecular weight excluding hydrogens is 506 g/mol. The van der Waals surface area contributed by atoms with Gasteiger partial charge in [0.25, 0.3) is 11.8 Å². The first-order valence-corrected chi connectivity index (χ1v) is 12.8. The van der Waals surface area contributed by atoms with E-state index in [0.29, 0.717) is 39.9 Å². The molecular formula is C29H30ClN3O5. The largest absolute Gasteiger partial charge is 0.493 e. The second-order valence-corrected chi connectivity index (χ2v) is 9.65. The highest BCUT2D eigenvalue weighted by Gasteiger charge is 2.39. The molecule has 38 heavy (non-hydrogen) atoms. The molecule has 9 heteroatoms. The third-order valence-corrected chi connectivity index (χ3v) is 7.52. The zero-order chi connectivity index (χ0) is 26.8. The van der Waals surface area contributed by atoms with Crippen LogP contribution in [-0.4, -0.2) is 69.1 Å². The molecule has 198 valence electrons. The molecule has 3 aromatic rings. The molecule has 0 unspecified atom stereocenters. The fourth-order valence-electron chi connectivity index (χ4n) is 5.20. The van der Waals surface area contributed by atoms with Crippen molar-refractivity contribution in [1.29, 1.82) is 0 Å². The number of halogens is 1. The van der Waals surface area contributed by atoms with Gasteiger partial charge in [-0.1, -0.05) is 41.9 Å². The first-order valence-electron chi connectivity index (χ1n) is 12.4. The lowest BCUT2D eigenvalue weighted by molar-refractivity contribution is 0.0642. The summed E-state index contributed by atoms with van der Waals surface area (Å²) < 4.78 is 16.6. The predicted molar refractivity (Wildman–Crippen MR) is 146 cm³/mol. The van der Waals surface area contributed by atoms with Crippen LogP contribution < -0.4 is 19.1 Å². The second kappa shape index (κ2) is 10.9. The number of nitrogens with zero attached hydrogens (tertiary/aromatic N) is 3. The van der Waals surface area contributed by atoms with E-state index in [9.17, 15) is 9.59 Å². The number of anilines is 1. The van der Waals surface area contributed by atoms with E-state index in [1.807, 2.05) is 42.5 Å². The molecule has 0 aromatic heterocycles. The first kappa shape index (κ1) is 25.9. The highest BCUT2D eigenvalue weighted by molar-refractivity contribution is 6.31. The van der Waals surface area contributed by atoms with Crippen LogP contribution in [0.1, 0.15) is 31.8 Å². The van der Waals surface area contributed by atoms with Crippen molar-refractivity contribution in [2.45, 2.75) is 13.1 Å². The van der Waals surface area contributed by atoms with Gasteiger partial charge in [0.05, 0.1) is 44.7 Å². The highest BCUT2D eigenvalue weighted by Crippen LogP contribution is 2.40. The number of carbonyl (C=O) groups excluding carboxylic acids is 2. The summed E-state index contributed by atoms with van der Waals surface area (Å²) in [6.45, 7) is 3.84. The van der Waals surface area contributed by atoms with E-state index in [2.05, 4.69) is 9.80 Å². The fourth-order valence-corrected chi connectivity index (χ4v) is 5.39. The molecule has 2 amide bonds. The number of imide groups is 1. The molecule has 0 saturated carbocycles. The Labute approximate surface area is 227 Å². The minimum atomic E-state index is -0.286. The summed E-state index contributed by atoms with van der Waals surface area (Å²) >= 11 is 6.30. The van der Waals surface area contributed by atoms with Crippen molar-refractivity contribution in [2.75, 3.05) is 52.4 Å². The maximum atomic E-state index is 13.5. The molecule has 2 heterocycles. The number of amides is 2. The average molecular weight is 536 g/mol. The molecule has 2 aliphatic rings. The maximum absolute atomic E-state index is 13.5. The molecule has 0 N–H and O–H groups in total. The van der Waals surface area contributed by atoms with Crippen LogP contribution in [0.3, 0.4) is 0 Å². The van der Waals surface area contributed by atoms with Crippen molar-refractivity contribution in [3.05, 3.63) is 81.9 Å². The van der Waals surface area contributed by atoms with Gasteiger partial charge in [-0.3, -0.25) is 19.4 Å². The molecule has 1 saturated heterocycles. The lowest BCUT2D eigenvalue weighted by atomic mass is 10.1. The van der Waals surface area contributed by atoms with E-state index in [1.54, 1.807) is 33.5 Å². The summed E-state index contributed by atoms with van der Waals surface area (Å²) in [4.78, 5) is 32.4. The topological polar surface area (TPSA) is 71.6 Å². The third-order valence-electron chi connectivity index (χ3n) is 7.16. The maximum Gasteiger partial charge on any atom is 0.263 e. The van der Waals surface area contributed by atoms with Crippen molar-refractivity contribution in [3.8, 4) is 17.2 Å². The first-order chi connectivity index (χ1) is 18.5. The predicted octanol–water partition coefficient (Wildman–Crippen LogP) is 4.48. The Kier molecular flexibility index (Phi) is 7.44. The van der Waals surface area contributed by atoms with Crippen LogP contribution in [0.25, 0.3) is 0 Å². The van der Waals surface area contributed by atoms with Crippen LogP contribution in [0.4, 0.5) is 5.69 Å². The van der Waals surface area contributed by atoms with E-state index < -0.39 is 0 Å². The molecule has 2 aliphatic heterocycles. The number of methoxy groups -OCH3 is 3. The summed E-state index contributed by atoms with van der Waals surface area (Å²) in [6.07, 6.45) is 0. The van der Waals surface area contributed by atoms with Crippen LogP contribution in [0.5, 0.6) is 17.2 Å². The number of piperazine rings is 1. The quantitative estimate of drug-likeness (QED) is 0.394. The van der Waals surface area contributed by atoms with Crippen molar-refractivity contribution < 1.29 is 23.8 Å². The van der Waals surface area contributed by atoms with Gasteiger partial charge >= 0.3 is 0 Å². The number of hydrogen-bond acceptors (Lipinski definition) is 7. The van der Waals surface area contributed by atoms with Gasteiger partial charge < -0.3 is 19.1 Å². The Morgan fingerprint density at radius 2 is 1.47 bits per heavy atom. The van der Waals surface area contributed by atoms with Crippen molar-refractivity contribution in [1.82, 2.24) is 9.80 Å². The SMILES string of the molecule is COc1ccc(CN2CCN(c3cccc4c3C(=O)N(Cc3ccccc3Cl)C4=O)CC2)c(OC)c1OC. The number of carbonyl (C=O) groups is 2. The third kappa shape index (κ3) is 4.66. The van der Waals surface area contributed by atoms with Crippen molar-refractivity contribution in [3.63, 3.8) is 0 Å². The van der Waals surface area contributed by atoms with Crippen LogP contribution in [0, 0.1) is 0 Å². The Morgan fingerprint density at radius 1 is 0.737 bits per heavy atom. The van der Waals surface area contributed by atoms with E-state index in [-0.39, 0.29) is 18.4 Å². The van der Waals surface area contributed by atoms with E-state index in [4.69, 9.17) is 25.8 Å². The van der Waals surface area contributed by atoms with Gasteiger partial charge in [-0.25, -0.2) is 0 Å². The summed E-state index contributed by atoms with van der Waals surface area (Å²) in [6, 6.07) is 16.7. The van der Waals surface area contributed by atoms with Crippen LogP contribution in [0.2, 0.25) is 5.02 Å². The molecule has 0 radical (unpaired) electrons. The van der Waals surface area contributed by atoms with Crippen LogP contribution in [0.15, 0.2) is 54.6 Å². The number of hydrogen-bond donors (Lipinski definition) is 0. The molecule has 0 atom stereocenters. The second-order valence-electron chi connectivity index (χ2n) is 9.24. The van der Waals surface area contributed by atoms with Gasteiger partial charge in [-0.2, -0.15) is 0 Å². The Balaban J connectivity index is 1.31. The molecule has 5 rings (SSSR count). The molecule has 0 aliphatic carbocycles. The van der Waals surface area contributed by atoms with Gasteiger partial charge in [0.2, 0.25) is 5.75 Å². The smallest absolute Gasteiger partial charge is 0.263 e. The average Bonchev–Trinajstić information content (AvgIpc) is 3.19. The zero-order valence-corrected chi connectivity index (χ0v) is 22.5. The lowest BCUT2D eigenvalue weighted by Crippen LogP contribution is -2.46. The number of fused-ring (bicyclic) bond motifs is 1. The minimum absolute atomic E-state index is 0.145. The van der Waals surface area contributed by atoms with Gasteiger partial charge in [0, 0.05) is 43.3 Å². The standard InChI is InChI=1S/C29H30ClN3O5/c1-36-24-12-11-20(26(37-2)27(24)38-3)17-31-13-15-32(16-14-31)23-10-6-8-21-25(23)29(35)33(28(21)34)18-19-7-4-5-9-22(19)30/h4-12H,13-18H2,1-3H3. The molecule has 3 aromatic carbocycles. The summed E-state index contributed by atoms with van der Waals surface area (Å²) in [5, 5.41) is 0.534. The van der Waals surface area contributed by atoms with Gasteiger partial charge in [0.1, 0.15) is 0 Å². The van der Waals surface area contributed by atoms with Crippen LogP contribution in [-0.2, 0) is 13.1 Å². The number of benzene rings is 3. The minimum Gasteiger partial charge on any atom is -0.493 e. The fraction of sp³-hybridized carbons (Fsp3) is 0.310. The van der Waals surface area contributed by atoms with Crippen molar-refractivity contribution >= 4 is 29.1 Å². The zero-order valence-electron chi connectivity index (χ0n) is 21.7. The molecule has 8 nitrogen and oxygen atoms in total. The Bertz CT molecular complexity index is 1370. The molecule has 0 bridgehead atoms. The Morgan fingerprint density at radius 3 is 2.16 bits per heavy atom. The number of rotatable bonds is 8. The lowest BCUT2D eigenvalue weighted by Gasteiger charge is -2.37. The Hall–Kier alpha value is -3.75. The van der Waals surface area contributed by atoms with Crippen molar-refractivity contribution in [2.24, 2.45) is 0 Å². The highest BCUT2D eigenvalue weighted by atomic mass is 35.5. The van der Waals surface area contributed by atoms with Gasteiger partial charge in [-0.05, 0) is 29.8 Å². The molecule has 1 fully saturated rings.